The van der Waals surface area contributed by atoms with Crippen LogP contribution < -0.4 is 10.5 Å². The number of anilines is 1. The molecule has 0 aromatic carbocycles. The number of nitrogen functional groups attached to an aromatic ring is 1. The largest absolute Gasteiger partial charge is 0.476 e. The smallest absolute Gasteiger partial charge is 0.247 e. The highest BCUT2D eigenvalue weighted by Crippen LogP contribution is 2.23. The number of rotatable bonds is 3. The van der Waals surface area contributed by atoms with Gasteiger partial charge in [0.05, 0.1) is 18.5 Å². The highest BCUT2D eigenvalue weighted by Gasteiger charge is 2.12. The molecule has 0 radical (unpaired) electrons. The number of fused-ring (bicyclic) bond motifs is 1. The number of halogens is 1. The summed E-state index contributed by atoms with van der Waals surface area (Å²) in [4.78, 5) is 20.2. The fraction of sp³-hybridized carbons (Fsp3) is 0.154. The monoisotopic (exact) mass is 286 g/mol. The van der Waals surface area contributed by atoms with Crippen molar-refractivity contribution in [3.05, 3.63) is 30.5 Å². The lowest BCUT2D eigenvalue weighted by Gasteiger charge is -2.07. The molecule has 7 nitrogen and oxygen atoms in total. The highest BCUT2D eigenvalue weighted by molar-refractivity contribution is 5.79. The van der Waals surface area contributed by atoms with Gasteiger partial charge < -0.3 is 10.5 Å². The van der Waals surface area contributed by atoms with Crippen molar-refractivity contribution in [1.82, 2.24) is 24.9 Å². The van der Waals surface area contributed by atoms with Crippen molar-refractivity contribution in [3.63, 3.8) is 0 Å². The molecule has 0 amide bonds. The van der Waals surface area contributed by atoms with Crippen LogP contribution in [0.15, 0.2) is 24.5 Å². The first kappa shape index (κ1) is 13.1. The Morgan fingerprint density at radius 2 is 2.00 bits per heavy atom. The number of ether oxygens (including phenoxy) is 1. The van der Waals surface area contributed by atoms with Gasteiger partial charge in [0.15, 0.2) is 11.2 Å². The predicted molar refractivity (Wildman–Crippen MR) is 73.9 cm³/mol. The van der Waals surface area contributed by atoms with E-state index in [1.807, 2.05) is 6.92 Å². The molecule has 3 heterocycles. The Kier molecular flexibility index (Phi) is 3.27. The van der Waals surface area contributed by atoms with E-state index in [0.29, 0.717) is 29.0 Å². The molecule has 0 atom stereocenters. The van der Waals surface area contributed by atoms with Gasteiger partial charge >= 0.3 is 0 Å². The van der Waals surface area contributed by atoms with E-state index >= 15 is 0 Å². The van der Waals surface area contributed by atoms with E-state index in [0.717, 1.165) is 0 Å². The standard InChI is InChI=1S/C13H11FN6O/c1-2-21-12-10-11(19-13(15)20-12)17-6-8(18-10)7-3-4-9(14)16-5-7/h3-6H,2H2,1H3,(H2,15,17,19,20). The molecule has 0 fully saturated rings. The third-order valence-corrected chi connectivity index (χ3v) is 2.70. The van der Waals surface area contributed by atoms with Gasteiger partial charge in [-0.1, -0.05) is 0 Å². The van der Waals surface area contributed by atoms with Gasteiger partial charge in [-0.3, -0.25) is 0 Å². The molecule has 0 aliphatic rings. The number of aromatic nitrogens is 5. The molecule has 106 valence electrons. The number of nitrogens with zero attached hydrogens (tertiary/aromatic N) is 5. The summed E-state index contributed by atoms with van der Waals surface area (Å²) in [7, 11) is 0. The molecule has 3 aromatic rings. The summed E-state index contributed by atoms with van der Waals surface area (Å²) in [6.45, 7) is 2.24. The molecule has 2 N–H and O–H groups in total. The van der Waals surface area contributed by atoms with Crippen LogP contribution in [-0.2, 0) is 0 Å². The van der Waals surface area contributed by atoms with Gasteiger partial charge in [0, 0.05) is 11.8 Å². The Labute approximate surface area is 119 Å². The van der Waals surface area contributed by atoms with Crippen molar-refractivity contribution in [3.8, 4) is 17.1 Å². The maximum atomic E-state index is 12.9. The molecule has 0 aliphatic heterocycles. The minimum atomic E-state index is -0.557. The number of hydrogen-bond donors (Lipinski definition) is 1. The van der Waals surface area contributed by atoms with Gasteiger partial charge in [0.1, 0.15) is 0 Å². The molecule has 0 aliphatic carbocycles. The lowest BCUT2D eigenvalue weighted by molar-refractivity contribution is 0.330. The summed E-state index contributed by atoms with van der Waals surface area (Å²) in [5.41, 5.74) is 7.48. The van der Waals surface area contributed by atoms with Crippen LogP contribution in [0.5, 0.6) is 5.88 Å². The molecule has 0 saturated heterocycles. The van der Waals surface area contributed by atoms with Crippen LogP contribution >= 0.6 is 0 Å². The fourth-order valence-corrected chi connectivity index (χ4v) is 1.80. The van der Waals surface area contributed by atoms with Gasteiger partial charge in [-0.2, -0.15) is 14.4 Å². The summed E-state index contributed by atoms with van der Waals surface area (Å²) in [6, 6.07) is 2.82. The molecule has 3 rings (SSSR count). The SMILES string of the molecule is CCOc1nc(N)nc2ncc(-c3ccc(F)nc3)nc12. The third-order valence-electron chi connectivity index (χ3n) is 2.70. The van der Waals surface area contributed by atoms with E-state index in [4.69, 9.17) is 10.5 Å². The van der Waals surface area contributed by atoms with Gasteiger partial charge in [-0.15, -0.1) is 0 Å². The van der Waals surface area contributed by atoms with Gasteiger partial charge in [0.2, 0.25) is 17.8 Å². The summed E-state index contributed by atoms with van der Waals surface area (Å²) >= 11 is 0. The Hall–Kier alpha value is -2.90. The zero-order valence-corrected chi connectivity index (χ0v) is 11.1. The van der Waals surface area contributed by atoms with Crippen LogP contribution in [0.2, 0.25) is 0 Å². The Morgan fingerprint density at radius 1 is 1.14 bits per heavy atom. The van der Waals surface area contributed by atoms with Crippen LogP contribution in [0.1, 0.15) is 6.92 Å². The second-order valence-corrected chi connectivity index (χ2v) is 4.12. The van der Waals surface area contributed by atoms with E-state index < -0.39 is 5.95 Å². The van der Waals surface area contributed by atoms with Crippen molar-refractivity contribution in [2.45, 2.75) is 6.92 Å². The van der Waals surface area contributed by atoms with Gasteiger partial charge in [0.25, 0.3) is 0 Å². The van der Waals surface area contributed by atoms with E-state index in [1.165, 1.54) is 18.5 Å². The number of nitrogens with two attached hydrogens (primary N) is 1. The van der Waals surface area contributed by atoms with E-state index in [1.54, 1.807) is 6.07 Å². The first-order chi connectivity index (χ1) is 10.2. The Bertz CT molecular complexity index is 793. The van der Waals surface area contributed by atoms with Crippen molar-refractivity contribution in [2.24, 2.45) is 0 Å². The number of hydrogen-bond acceptors (Lipinski definition) is 7. The van der Waals surface area contributed by atoms with Crippen LogP contribution in [0.25, 0.3) is 22.4 Å². The van der Waals surface area contributed by atoms with Gasteiger partial charge in [-0.05, 0) is 19.1 Å². The first-order valence-electron chi connectivity index (χ1n) is 6.22. The molecule has 0 bridgehead atoms. The molecule has 0 spiro atoms. The van der Waals surface area contributed by atoms with E-state index in [2.05, 4.69) is 24.9 Å². The summed E-state index contributed by atoms with van der Waals surface area (Å²) < 4.78 is 18.3. The van der Waals surface area contributed by atoms with Crippen molar-refractivity contribution in [1.29, 1.82) is 0 Å². The van der Waals surface area contributed by atoms with Crippen molar-refractivity contribution >= 4 is 17.1 Å². The number of pyridine rings is 1. The summed E-state index contributed by atoms with van der Waals surface area (Å²) in [5, 5.41) is 0. The molecule has 8 heteroatoms. The molecular formula is C13H11FN6O. The third kappa shape index (κ3) is 2.55. The van der Waals surface area contributed by atoms with Crippen molar-refractivity contribution < 1.29 is 9.13 Å². The second-order valence-electron chi connectivity index (χ2n) is 4.12. The molecule has 3 aromatic heterocycles. The first-order valence-corrected chi connectivity index (χ1v) is 6.22. The van der Waals surface area contributed by atoms with Crippen LogP contribution in [0, 0.1) is 5.95 Å². The predicted octanol–water partition coefficient (Wildman–Crippen LogP) is 1.60. The van der Waals surface area contributed by atoms with Gasteiger partial charge in [-0.25, -0.2) is 15.0 Å². The molecule has 0 unspecified atom stereocenters. The Morgan fingerprint density at radius 3 is 2.71 bits per heavy atom. The molecule has 21 heavy (non-hydrogen) atoms. The molecule has 0 saturated carbocycles. The van der Waals surface area contributed by atoms with E-state index in [9.17, 15) is 4.39 Å². The summed E-state index contributed by atoms with van der Waals surface area (Å²) in [5.74, 6) is -0.223. The maximum Gasteiger partial charge on any atom is 0.247 e. The fourth-order valence-electron chi connectivity index (χ4n) is 1.80. The van der Waals surface area contributed by atoms with Crippen molar-refractivity contribution in [2.75, 3.05) is 12.3 Å². The highest BCUT2D eigenvalue weighted by atomic mass is 19.1. The van der Waals surface area contributed by atoms with E-state index in [-0.39, 0.29) is 11.8 Å². The zero-order valence-electron chi connectivity index (χ0n) is 11.1. The Balaban J connectivity index is 2.16. The quantitative estimate of drug-likeness (QED) is 0.730. The lowest BCUT2D eigenvalue weighted by Crippen LogP contribution is -2.04. The van der Waals surface area contributed by atoms with Crippen LogP contribution in [-0.4, -0.2) is 31.5 Å². The second kappa shape index (κ2) is 5.23. The summed E-state index contributed by atoms with van der Waals surface area (Å²) in [6.07, 6.45) is 2.89. The minimum absolute atomic E-state index is 0.0662. The average molecular weight is 286 g/mol. The average Bonchev–Trinajstić information content (AvgIpc) is 2.48. The zero-order chi connectivity index (χ0) is 14.8. The topological polar surface area (TPSA) is 99.7 Å². The molecular weight excluding hydrogens is 275 g/mol. The normalized spacial score (nSPS) is 10.8. The van der Waals surface area contributed by atoms with Crippen LogP contribution in [0.4, 0.5) is 10.3 Å². The minimum Gasteiger partial charge on any atom is -0.476 e. The van der Waals surface area contributed by atoms with Crippen LogP contribution in [0.3, 0.4) is 0 Å². The maximum absolute atomic E-state index is 12.9. The lowest BCUT2D eigenvalue weighted by atomic mass is 10.2.